The molecule has 0 spiro atoms. The van der Waals surface area contributed by atoms with Gasteiger partial charge < -0.3 is 24.4 Å². The number of aldehydes is 1. The van der Waals surface area contributed by atoms with Crippen molar-refractivity contribution in [1.29, 1.82) is 0 Å². The summed E-state index contributed by atoms with van der Waals surface area (Å²) in [5, 5.41) is 7.22. The van der Waals surface area contributed by atoms with E-state index in [-0.39, 0.29) is 6.29 Å². The van der Waals surface area contributed by atoms with Gasteiger partial charge in [0.05, 0.1) is 0 Å². The molecule has 2 rings (SSSR count). The highest BCUT2D eigenvalue weighted by molar-refractivity contribution is 6.20. The van der Waals surface area contributed by atoms with Gasteiger partial charge in [-0.3, -0.25) is 0 Å². The molecular formula is C16H22N2O4. The molecule has 0 saturated carbocycles. The van der Waals surface area contributed by atoms with Gasteiger partial charge in [0.15, 0.2) is 6.29 Å². The molecule has 0 radical (unpaired) electrons. The van der Waals surface area contributed by atoms with E-state index in [2.05, 4.69) is 10.5 Å². The smallest absolute Gasteiger partial charge is 0.160 e. The SMILES string of the molecule is CCOC(CCON=C1c2ccccc2NC1C=O)OCC. The standard InChI is InChI=1S/C16H22N2O4/c1-3-20-15(21-4-2)9-10-22-18-16-12-7-5-6-8-13(12)17-14(16)11-19/h5-8,11,14-15,17H,3-4,9-10H2,1-2H3. The zero-order valence-corrected chi connectivity index (χ0v) is 13.0. The van der Waals surface area contributed by atoms with Crippen molar-refractivity contribution in [3.05, 3.63) is 29.8 Å². The van der Waals surface area contributed by atoms with Gasteiger partial charge in [-0.2, -0.15) is 0 Å². The van der Waals surface area contributed by atoms with Crippen LogP contribution >= 0.6 is 0 Å². The second-order valence-electron chi connectivity index (χ2n) is 4.74. The molecule has 1 aromatic rings. The topological polar surface area (TPSA) is 69.2 Å². The zero-order chi connectivity index (χ0) is 15.8. The molecule has 6 nitrogen and oxygen atoms in total. The number of para-hydroxylation sites is 1. The molecule has 1 aliphatic rings. The predicted octanol–water partition coefficient (Wildman–Crippen LogP) is 2.19. The summed E-state index contributed by atoms with van der Waals surface area (Å²) >= 11 is 0. The third kappa shape index (κ3) is 4.05. The third-order valence-corrected chi connectivity index (χ3v) is 3.26. The number of rotatable bonds is 9. The Morgan fingerprint density at radius 3 is 2.68 bits per heavy atom. The summed E-state index contributed by atoms with van der Waals surface area (Å²) < 4.78 is 10.9. The van der Waals surface area contributed by atoms with Crippen LogP contribution in [0.1, 0.15) is 25.8 Å². The van der Waals surface area contributed by atoms with Gasteiger partial charge in [-0.1, -0.05) is 23.4 Å². The number of nitrogens with zero attached hydrogens (tertiary/aromatic N) is 1. The van der Waals surface area contributed by atoms with Crippen LogP contribution in [0, 0.1) is 0 Å². The molecule has 1 unspecified atom stereocenters. The van der Waals surface area contributed by atoms with Gasteiger partial charge in [0.2, 0.25) is 0 Å². The zero-order valence-electron chi connectivity index (χ0n) is 13.0. The molecule has 0 aliphatic carbocycles. The lowest BCUT2D eigenvalue weighted by atomic mass is 10.1. The van der Waals surface area contributed by atoms with Crippen molar-refractivity contribution >= 4 is 17.7 Å². The summed E-state index contributed by atoms with van der Waals surface area (Å²) in [5.41, 5.74) is 2.39. The quantitative estimate of drug-likeness (QED) is 0.328. The molecule has 1 aromatic carbocycles. The lowest BCUT2D eigenvalue weighted by molar-refractivity contribution is -0.146. The van der Waals surface area contributed by atoms with Crippen LogP contribution in [0.5, 0.6) is 0 Å². The first kappa shape index (κ1) is 16.5. The first-order valence-corrected chi connectivity index (χ1v) is 7.54. The number of hydrogen-bond donors (Lipinski definition) is 1. The van der Waals surface area contributed by atoms with Crippen molar-refractivity contribution < 1.29 is 19.1 Å². The summed E-state index contributed by atoms with van der Waals surface area (Å²) in [6, 6.07) is 7.17. The van der Waals surface area contributed by atoms with Crippen LogP contribution in [0.25, 0.3) is 0 Å². The molecule has 1 N–H and O–H groups in total. The molecule has 0 bridgehead atoms. The Balaban J connectivity index is 1.93. The number of nitrogens with one attached hydrogen (secondary N) is 1. The van der Waals surface area contributed by atoms with Gasteiger partial charge in [-0.15, -0.1) is 0 Å². The minimum Gasteiger partial charge on any atom is -0.395 e. The highest BCUT2D eigenvalue weighted by Crippen LogP contribution is 2.25. The van der Waals surface area contributed by atoms with Crippen LogP contribution in [0.15, 0.2) is 29.4 Å². The number of ether oxygens (including phenoxy) is 2. The van der Waals surface area contributed by atoms with E-state index in [1.165, 1.54) is 0 Å². The molecule has 1 atom stereocenters. The number of carbonyl (C=O) groups excluding carboxylic acids is 1. The van der Waals surface area contributed by atoms with E-state index in [4.69, 9.17) is 14.3 Å². The third-order valence-electron chi connectivity index (χ3n) is 3.26. The van der Waals surface area contributed by atoms with Crippen LogP contribution < -0.4 is 5.32 Å². The summed E-state index contributed by atoms with van der Waals surface area (Å²) in [6.45, 7) is 5.38. The van der Waals surface area contributed by atoms with Crippen molar-refractivity contribution in [3.8, 4) is 0 Å². The lowest BCUT2D eigenvalue weighted by Crippen LogP contribution is -2.25. The molecule has 22 heavy (non-hydrogen) atoms. The van der Waals surface area contributed by atoms with Crippen LogP contribution in [0.2, 0.25) is 0 Å². The van der Waals surface area contributed by atoms with Gasteiger partial charge in [0, 0.05) is 30.9 Å². The minimum atomic E-state index is -0.466. The summed E-state index contributed by atoms with van der Waals surface area (Å²) in [5.74, 6) is 0. The monoisotopic (exact) mass is 306 g/mol. The highest BCUT2D eigenvalue weighted by Gasteiger charge is 2.27. The first-order valence-electron chi connectivity index (χ1n) is 7.54. The Morgan fingerprint density at radius 1 is 1.27 bits per heavy atom. The fraction of sp³-hybridized carbons (Fsp3) is 0.500. The van der Waals surface area contributed by atoms with Crippen LogP contribution in [-0.2, 0) is 19.1 Å². The maximum Gasteiger partial charge on any atom is 0.160 e. The van der Waals surface area contributed by atoms with Crippen molar-refractivity contribution in [2.75, 3.05) is 25.1 Å². The maximum absolute atomic E-state index is 11.2. The van der Waals surface area contributed by atoms with E-state index >= 15 is 0 Å². The normalized spacial score (nSPS) is 18.3. The maximum atomic E-state index is 11.2. The molecule has 6 heteroatoms. The number of oxime groups is 1. The van der Waals surface area contributed by atoms with E-state index < -0.39 is 6.04 Å². The van der Waals surface area contributed by atoms with Crippen molar-refractivity contribution in [2.24, 2.45) is 5.16 Å². The largest absolute Gasteiger partial charge is 0.395 e. The molecule has 0 fully saturated rings. The molecule has 1 aliphatic heterocycles. The number of hydrogen-bond acceptors (Lipinski definition) is 6. The summed E-state index contributed by atoms with van der Waals surface area (Å²) in [6.07, 6.45) is 1.12. The summed E-state index contributed by atoms with van der Waals surface area (Å²) in [7, 11) is 0. The number of carbonyl (C=O) groups is 1. The molecule has 0 saturated heterocycles. The number of benzene rings is 1. The van der Waals surface area contributed by atoms with E-state index in [0.29, 0.717) is 32.0 Å². The number of fused-ring (bicyclic) bond motifs is 1. The van der Waals surface area contributed by atoms with E-state index in [1.54, 1.807) is 0 Å². The van der Waals surface area contributed by atoms with Crippen molar-refractivity contribution in [1.82, 2.24) is 0 Å². The van der Waals surface area contributed by atoms with Gasteiger partial charge in [-0.05, 0) is 19.9 Å². The van der Waals surface area contributed by atoms with Crippen LogP contribution in [-0.4, -0.2) is 44.2 Å². The molecular weight excluding hydrogens is 284 g/mol. The Hall–Kier alpha value is -1.92. The predicted molar refractivity (Wildman–Crippen MR) is 84.1 cm³/mol. The Kier molecular flexibility index (Phi) is 6.36. The Bertz CT molecular complexity index is 513. The Labute approximate surface area is 130 Å². The van der Waals surface area contributed by atoms with Gasteiger partial charge in [-0.25, -0.2) is 0 Å². The second kappa shape index (κ2) is 8.51. The highest BCUT2D eigenvalue weighted by atomic mass is 16.7. The molecule has 0 aromatic heterocycles. The fourth-order valence-electron chi connectivity index (χ4n) is 2.29. The number of anilines is 1. The van der Waals surface area contributed by atoms with E-state index in [9.17, 15) is 4.79 Å². The molecule has 120 valence electrons. The second-order valence-corrected chi connectivity index (χ2v) is 4.74. The van der Waals surface area contributed by atoms with Gasteiger partial charge in [0.25, 0.3) is 0 Å². The van der Waals surface area contributed by atoms with Crippen LogP contribution in [0.4, 0.5) is 5.69 Å². The minimum absolute atomic E-state index is 0.286. The first-order chi connectivity index (χ1) is 10.8. The average Bonchev–Trinajstić information content (AvgIpc) is 2.90. The molecule has 0 amide bonds. The van der Waals surface area contributed by atoms with Crippen molar-refractivity contribution in [3.63, 3.8) is 0 Å². The van der Waals surface area contributed by atoms with Crippen LogP contribution in [0.3, 0.4) is 0 Å². The molecule has 1 heterocycles. The average molecular weight is 306 g/mol. The van der Waals surface area contributed by atoms with Gasteiger partial charge >= 0.3 is 0 Å². The fourth-order valence-corrected chi connectivity index (χ4v) is 2.29. The summed E-state index contributed by atoms with van der Waals surface area (Å²) in [4.78, 5) is 16.5. The van der Waals surface area contributed by atoms with E-state index in [1.807, 2.05) is 38.1 Å². The van der Waals surface area contributed by atoms with E-state index in [0.717, 1.165) is 17.5 Å². The van der Waals surface area contributed by atoms with Crippen molar-refractivity contribution in [2.45, 2.75) is 32.6 Å². The lowest BCUT2D eigenvalue weighted by Gasteiger charge is -2.15. The Morgan fingerprint density at radius 2 is 2.00 bits per heavy atom. The van der Waals surface area contributed by atoms with Gasteiger partial charge in [0.1, 0.15) is 24.6 Å².